The number of carboxylic acids is 1. The Kier molecular flexibility index (Phi) is 5.45. The average Bonchev–Trinajstić information content (AvgIpc) is 2.53. The van der Waals surface area contributed by atoms with Gasteiger partial charge < -0.3 is 20.1 Å². The fraction of sp³-hybridized carbons (Fsp3) is 0.867. The first-order valence-electron chi connectivity index (χ1n) is 7.90. The second-order valence-corrected chi connectivity index (χ2v) is 6.25. The number of ether oxygens (including phenoxy) is 1. The number of nitrogens with zero attached hydrogens (tertiary/aromatic N) is 1. The van der Waals surface area contributed by atoms with Crippen LogP contribution in [0.2, 0.25) is 0 Å². The molecule has 2 heterocycles. The van der Waals surface area contributed by atoms with Crippen molar-refractivity contribution in [3.05, 3.63) is 0 Å². The van der Waals surface area contributed by atoms with E-state index < -0.39 is 11.9 Å². The van der Waals surface area contributed by atoms with Gasteiger partial charge in [-0.2, -0.15) is 0 Å². The maximum absolute atomic E-state index is 12.3. The molecule has 2 fully saturated rings. The third kappa shape index (κ3) is 4.09. The summed E-state index contributed by atoms with van der Waals surface area (Å²) in [5, 5.41) is 12.1. The van der Waals surface area contributed by atoms with E-state index in [0.717, 1.165) is 38.9 Å². The molecule has 0 aromatic rings. The number of nitrogens with one attached hydrogen (secondary N) is 1. The van der Waals surface area contributed by atoms with Crippen molar-refractivity contribution in [1.82, 2.24) is 10.2 Å². The summed E-state index contributed by atoms with van der Waals surface area (Å²) >= 11 is 0. The number of carbonyl (C=O) groups is 2. The Morgan fingerprint density at radius 3 is 2.71 bits per heavy atom. The van der Waals surface area contributed by atoms with E-state index in [1.165, 1.54) is 0 Å². The van der Waals surface area contributed by atoms with E-state index in [0.29, 0.717) is 26.1 Å². The summed E-state index contributed by atoms with van der Waals surface area (Å²) in [7, 11) is 0. The van der Waals surface area contributed by atoms with E-state index >= 15 is 0 Å². The van der Waals surface area contributed by atoms with Crippen LogP contribution in [0.1, 0.15) is 39.0 Å². The Hall–Kier alpha value is -1.30. The van der Waals surface area contributed by atoms with Crippen LogP contribution in [0.3, 0.4) is 0 Å². The fourth-order valence-electron chi connectivity index (χ4n) is 3.20. The molecule has 2 aliphatic heterocycles. The van der Waals surface area contributed by atoms with Crippen molar-refractivity contribution < 1.29 is 19.4 Å². The van der Waals surface area contributed by atoms with E-state index in [1.54, 1.807) is 4.90 Å². The number of hydrogen-bond donors (Lipinski definition) is 2. The first kappa shape index (κ1) is 16.1. The molecule has 0 saturated carbocycles. The SMILES string of the molecule is CCC1(CNC(=O)N2CCCC(C(=O)O)C2)CCOCC1. The molecule has 2 amide bonds. The molecule has 1 unspecified atom stereocenters. The predicted molar refractivity (Wildman–Crippen MR) is 78.1 cm³/mol. The van der Waals surface area contributed by atoms with Crippen LogP contribution in [0, 0.1) is 11.3 Å². The minimum atomic E-state index is -0.804. The van der Waals surface area contributed by atoms with Crippen molar-refractivity contribution in [2.24, 2.45) is 11.3 Å². The van der Waals surface area contributed by atoms with Crippen molar-refractivity contribution >= 4 is 12.0 Å². The van der Waals surface area contributed by atoms with Gasteiger partial charge in [0.25, 0.3) is 0 Å². The number of aliphatic carboxylic acids is 1. The highest BCUT2D eigenvalue weighted by Crippen LogP contribution is 2.33. The van der Waals surface area contributed by atoms with Crippen LogP contribution < -0.4 is 5.32 Å². The van der Waals surface area contributed by atoms with Gasteiger partial charge in [0.05, 0.1) is 5.92 Å². The zero-order valence-electron chi connectivity index (χ0n) is 12.8. The molecule has 21 heavy (non-hydrogen) atoms. The Bertz CT molecular complexity index is 380. The number of amides is 2. The normalized spacial score (nSPS) is 25.4. The van der Waals surface area contributed by atoms with Crippen LogP contribution >= 0.6 is 0 Å². The Balaban J connectivity index is 1.84. The highest BCUT2D eigenvalue weighted by atomic mass is 16.5. The number of rotatable bonds is 4. The summed E-state index contributed by atoms with van der Waals surface area (Å²) in [6.07, 6.45) is 4.39. The zero-order valence-corrected chi connectivity index (χ0v) is 12.8. The van der Waals surface area contributed by atoms with Crippen LogP contribution in [-0.4, -0.2) is 54.9 Å². The molecule has 0 radical (unpaired) electrons. The lowest BCUT2D eigenvalue weighted by Gasteiger charge is -2.38. The van der Waals surface area contributed by atoms with Crippen molar-refractivity contribution in [3.63, 3.8) is 0 Å². The zero-order chi connectivity index (χ0) is 15.3. The third-order valence-electron chi connectivity index (χ3n) is 4.98. The molecule has 0 aromatic heterocycles. The molecule has 1 atom stereocenters. The van der Waals surface area contributed by atoms with Crippen LogP contribution in [-0.2, 0) is 9.53 Å². The van der Waals surface area contributed by atoms with Gasteiger partial charge in [0.2, 0.25) is 0 Å². The second kappa shape index (κ2) is 7.11. The van der Waals surface area contributed by atoms with Crippen molar-refractivity contribution in [1.29, 1.82) is 0 Å². The average molecular weight is 298 g/mol. The predicted octanol–water partition coefficient (Wildman–Crippen LogP) is 1.70. The number of hydrogen-bond acceptors (Lipinski definition) is 3. The van der Waals surface area contributed by atoms with Gasteiger partial charge in [-0.15, -0.1) is 0 Å². The highest BCUT2D eigenvalue weighted by Gasteiger charge is 2.33. The summed E-state index contributed by atoms with van der Waals surface area (Å²) in [6.45, 7) is 5.29. The maximum atomic E-state index is 12.3. The highest BCUT2D eigenvalue weighted by molar-refractivity contribution is 5.76. The van der Waals surface area contributed by atoms with Crippen molar-refractivity contribution in [3.8, 4) is 0 Å². The topological polar surface area (TPSA) is 78.9 Å². The summed E-state index contributed by atoms with van der Waals surface area (Å²) < 4.78 is 5.40. The van der Waals surface area contributed by atoms with Gasteiger partial charge >= 0.3 is 12.0 Å². The van der Waals surface area contributed by atoms with Crippen molar-refractivity contribution in [2.45, 2.75) is 39.0 Å². The largest absolute Gasteiger partial charge is 0.481 e. The number of piperidine rings is 1. The van der Waals surface area contributed by atoms with Crippen molar-refractivity contribution in [2.75, 3.05) is 32.8 Å². The molecule has 0 aliphatic carbocycles. The van der Waals surface area contributed by atoms with Crippen LogP contribution in [0.4, 0.5) is 4.79 Å². The first-order valence-corrected chi connectivity index (χ1v) is 7.90. The van der Waals surface area contributed by atoms with Crippen LogP contribution in [0.15, 0.2) is 0 Å². The van der Waals surface area contributed by atoms with Gasteiger partial charge in [-0.1, -0.05) is 6.92 Å². The van der Waals surface area contributed by atoms with Gasteiger partial charge in [-0.05, 0) is 37.5 Å². The number of likely N-dealkylation sites (tertiary alicyclic amines) is 1. The Morgan fingerprint density at radius 2 is 2.10 bits per heavy atom. The summed E-state index contributed by atoms with van der Waals surface area (Å²) in [4.78, 5) is 25.0. The molecule has 2 N–H and O–H groups in total. The van der Waals surface area contributed by atoms with Crippen LogP contribution in [0.5, 0.6) is 0 Å². The van der Waals surface area contributed by atoms with Gasteiger partial charge in [0, 0.05) is 32.8 Å². The van der Waals surface area contributed by atoms with Gasteiger partial charge in [-0.25, -0.2) is 4.79 Å². The molecular formula is C15H26N2O4. The van der Waals surface area contributed by atoms with Gasteiger partial charge in [0.15, 0.2) is 0 Å². The molecule has 120 valence electrons. The van der Waals surface area contributed by atoms with Crippen LogP contribution in [0.25, 0.3) is 0 Å². The molecule has 0 aromatic carbocycles. The lowest BCUT2D eigenvalue weighted by atomic mass is 9.78. The summed E-state index contributed by atoms with van der Waals surface area (Å²) in [5.41, 5.74) is 0.135. The molecule has 2 aliphatic rings. The second-order valence-electron chi connectivity index (χ2n) is 6.25. The van der Waals surface area contributed by atoms with E-state index in [2.05, 4.69) is 12.2 Å². The molecule has 2 rings (SSSR count). The Labute approximate surface area is 125 Å². The summed E-state index contributed by atoms with van der Waals surface area (Å²) in [5.74, 6) is -1.23. The van der Waals surface area contributed by atoms with E-state index in [1.807, 2.05) is 0 Å². The first-order chi connectivity index (χ1) is 10.1. The lowest BCUT2D eigenvalue weighted by Crippen LogP contribution is -2.50. The number of carboxylic acid groups (broad SMARTS) is 1. The fourth-order valence-corrected chi connectivity index (χ4v) is 3.20. The smallest absolute Gasteiger partial charge is 0.317 e. The minimum Gasteiger partial charge on any atom is -0.481 e. The third-order valence-corrected chi connectivity index (χ3v) is 4.98. The number of urea groups is 1. The lowest BCUT2D eigenvalue weighted by molar-refractivity contribution is -0.143. The van der Waals surface area contributed by atoms with Gasteiger partial charge in [-0.3, -0.25) is 4.79 Å². The van der Waals surface area contributed by atoms with Gasteiger partial charge in [0.1, 0.15) is 0 Å². The molecular weight excluding hydrogens is 272 g/mol. The molecule has 0 bridgehead atoms. The molecule has 6 heteroatoms. The quantitative estimate of drug-likeness (QED) is 0.828. The molecule has 0 spiro atoms. The maximum Gasteiger partial charge on any atom is 0.317 e. The number of carbonyl (C=O) groups excluding carboxylic acids is 1. The standard InChI is InChI=1S/C15H26N2O4/c1-2-15(5-8-21-9-6-15)11-16-14(20)17-7-3-4-12(10-17)13(18)19/h12H,2-11H2,1H3,(H,16,20)(H,18,19). The molecule has 6 nitrogen and oxygen atoms in total. The van der Waals surface area contributed by atoms with E-state index in [9.17, 15) is 9.59 Å². The monoisotopic (exact) mass is 298 g/mol. The van der Waals surface area contributed by atoms with E-state index in [-0.39, 0.29) is 11.4 Å². The molecule has 2 saturated heterocycles. The minimum absolute atomic E-state index is 0.125. The summed E-state index contributed by atoms with van der Waals surface area (Å²) in [6, 6.07) is -0.125. The van der Waals surface area contributed by atoms with E-state index in [4.69, 9.17) is 9.84 Å². The Morgan fingerprint density at radius 1 is 1.38 bits per heavy atom.